The lowest BCUT2D eigenvalue weighted by Crippen LogP contribution is -2.40. The molecule has 0 aromatic carbocycles. The van der Waals surface area contributed by atoms with Crippen LogP contribution >= 0.6 is 81.9 Å². The van der Waals surface area contributed by atoms with E-state index >= 15 is 0 Å². The van der Waals surface area contributed by atoms with Crippen molar-refractivity contribution in [2.45, 2.75) is 79.6 Å². The zero-order valence-electron chi connectivity index (χ0n) is 32.6. The van der Waals surface area contributed by atoms with Gasteiger partial charge in [0.25, 0.3) is 0 Å². The van der Waals surface area contributed by atoms with E-state index < -0.39 is 6.16 Å². The number of thioether (sulfide) groups is 2. The maximum atomic E-state index is 10.9. The fourth-order valence-electron chi connectivity index (χ4n) is 4.80. The molecule has 2 N–H and O–H groups in total. The van der Waals surface area contributed by atoms with E-state index in [0.29, 0.717) is 54.6 Å². The molecule has 0 saturated carbocycles. The highest BCUT2D eigenvalue weighted by atomic mass is 32.2. The summed E-state index contributed by atoms with van der Waals surface area (Å²) in [6, 6.07) is 0. The number of hydrogen-bond acceptors (Lipinski definition) is 13. The first-order chi connectivity index (χ1) is 25.1. The Morgan fingerprint density at radius 2 is 1.04 bits per heavy atom. The summed E-state index contributed by atoms with van der Waals surface area (Å²) in [6.07, 6.45) is 11.0. The molecule has 0 spiro atoms. The average Bonchev–Trinajstić information content (AvgIpc) is 3.22. The SMILES string of the molecule is CCC(CO)(CO)CP.CCC1(CP)CCC(=O)OC1.CCC1(CP)COC(=O)OC1.CCC1(CP)COC(=S)OC1.CCC1(CP)CSC(=O)SC1. The zero-order chi connectivity index (χ0) is 40.6. The van der Waals surface area contributed by atoms with Gasteiger partial charge >= 0.3 is 17.4 Å². The van der Waals surface area contributed by atoms with E-state index in [-0.39, 0.29) is 40.8 Å². The summed E-state index contributed by atoms with van der Waals surface area (Å²) in [6.45, 7) is 13.7. The van der Waals surface area contributed by atoms with Crippen molar-refractivity contribution in [2.75, 3.05) is 88.6 Å². The first kappa shape index (κ1) is 53.9. The molecule has 0 amide bonds. The fraction of sp³-hybridized carbons (Fsp3) is 0.886. The van der Waals surface area contributed by atoms with Crippen molar-refractivity contribution < 1.29 is 48.3 Å². The molecule has 0 aromatic heterocycles. The van der Waals surface area contributed by atoms with Crippen LogP contribution in [-0.2, 0) is 28.5 Å². The van der Waals surface area contributed by atoms with Crippen molar-refractivity contribution in [3.05, 3.63) is 0 Å². The number of ether oxygens (including phenoxy) is 5. The number of cyclic esters (lactones) is 3. The normalized spacial score (nSPS) is 22.7. The van der Waals surface area contributed by atoms with Crippen LogP contribution in [0.3, 0.4) is 0 Å². The van der Waals surface area contributed by atoms with Crippen LogP contribution in [0.15, 0.2) is 0 Å². The van der Waals surface area contributed by atoms with Gasteiger partial charge in [0.15, 0.2) is 0 Å². The Hall–Kier alpha value is 0.870. The van der Waals surface area contributed by atoms with Crippen molar-refractivity contribution in [1.82, 2.24) is 0 Å². The van der Waals surface area contributed by atoms with Crippen molar-refractivity contribution in [1.29, 1.82) is 0 Å². The Morgan fingerprint density at radius 3 is 1.32 bits per heavy atom. The first-order valence-electron chi connectivity index (χ1n) is 18.4. The lowest BCUT2D eigenvalue weighted by molar-refractivity contribution is -0.153. The molecule has 312 valence electrons. The predicted octanol–water partition coefficient (Wildman–Crippen LogP) is 7.71. The summed E-state index contributed by atoms with van der Waals surface area (Å²) >= 11 is 7.72. The van der Waals surface area contributed by atoms with E-state index in [1.807, 2.05) is 6.92 Å². The highest BCUT2D eigenvalue weighted by molar-refractivity contribution is 8.39. The Bertz CT molecular complexity index is 862. The van der Waals surface area contributed by atoms with Crippen LogP contribution in [0.1, 0.15) is 79.6 Å². The third-order valence-corrected chi connectivity index (χ3v) is 18.2. The standard InChI is InChI=1S/C8H15O2P.C7H13O3P.C7H13O2PS.C7H13OPS2.C6H15O2P/c1-2-8(6-11)4-3-7(9)10-5-8;1-2-7(5-11)3-9-6(8)10-4-7;1-2-7(5-10)3-8-6(11)9-4-7;1-2-7(3-9)4-10-6(8)11-5-7;1-2-6(3-7,4-8)5-9/h2-6,11H2,1H3;2-5,11H2,1H3;2-5,10H2,1H3;2-5,9H2,1H3;7-8H,2-5,9H2,1H3. The van der Waals surface area contributed by atoms with Crippen LogP contribution in [0.2, 0.25) is 0 Å². The van der Waals surface area contributed by atoms with Crippen molar-refractivity contribution in [2.24, 2.45) is 27.1 Å². The summed E-state index contributed by atoms with van der Waals surface area (Å²) in [4.78, 5) is 32.2. The number of thiocarbonyl (C=S) groups is 1. The van der Waals surface area contributed by atoms with Crippen LogP contribution in [0, 0.1) is 27.1 Å². The number of hydrogen-bond donors (Lipinski definition) is 2. The maximum absolute atomic E-state index is 10.9. The molecule has 4 fully saturated rings. The topological polar surface area (TPSA) is 138 Å². The Kier molecular flexibility index (Phi) is 28.8. The van der Waals surface area contributed by atoms with Crippen molar-refractivity contribution >= 4 is 104 Å². The molecule has 53 heavy (non-hydrogen) atoms. The second-order valence-corrected chi connectivity index (χ2v) is 18.8. The molecule has 0 bridgehead atoms. The molecule has 4 heterocycles. The average molecular weight is 901 g/mol. The van der Waals surface area contributed by atoms with Gasteiger partial charge < -0.3 is 33.9 Å². The van der Waals surface area contributed by atoms with Gasteiger partial charge in [0.2, 0.25) is 4.45 Å². The van der Waals surface area contributed by atoms with Gasteiger partial charge in [-0.1, -0.05) is 58.1 Å². The number of carbonyl (C=O) groups excluding carboxylic acids is 3. The van der Waals surface area contributed by atoms with Gasteiger partial charge in [-0.3, -0.25) is 9.59 Å². The second-order valence-electron chi connectivity index (χ2n) is 14.2. The van der Waals surface area contributed by atoms with Crippen molar-refractivity contribution in [3.8, 4) is 0 Å². The smallest absolute Gasteiger partial charge is 0.465 e. The molecule has 4 rings (SSSR count). The summed E-state index contributed by atoms with van der Waals surface area (Å²) in [5, 5.41) is 17.9. The van der Waals surface area contributed by atoms with E-state index in [9.17, 15) is 14.4 Å². The van der Waals surface area contributed by atoms with E-state index in [4.69, 9.17) is 46.1 Å². The van der Waals surface area contributed by atoms with Gasteiger partial charge in [0.1, 0.15) is 26.4 Å². The molecule has 18 heteroatoms. The molecule has 4 saturated heterocycles. The van der Waals surface area contributed by atoms with Gasteiger partial charge in [-0.25, -0.2) is 4.79 Å². The summed E-state index contributed by atoms with van der Waals surface area (Å²) in [5.74, 6) is 1.99. The third-order valence-electron chi connectivity index (χ3n) is 11.0. The van der Waals surface area contributed by atoms with Gasteiger partial charge in [0.05, 0.1) is 19.8 Å². The van der Waals surface area contributed by atoms with Crippen LogP contribution in [0.25, 0.3) is 0 Å². The largest absolute Gasteiger partial charge is 0.508 e. The minimum absolute atomic E-state index is 0.0347. The first-order valence-corrected chi connectivity index (χ1v) is 24.9. The molecule has 4 aliphatic rings. The molecular formula is C35H69O10P5S3. The van der Waals surface area contributed by atoms with Gasteiger partial charge in [0, 0.05) is 51.8 Å². The number of aliphatic hydroxyl groups is 2. The fourth-order valence-corrected chi connectivity index (χ4v) is 10.6. The molecular weight excluding hydrogens is 831 g/mol. The van der Waals surface area contributed by atoms with Crippen LogP contribution in [-0.4, -0.2) is 121 Å². The minimum atomic E-state index is -0.535. The Labute approximate surface area is 345 Å². The zero-order valence-corrected chi connectivity index (χ0v) is 40.8. The van der Waals surface area contributed by atoms with E-state index in [1.165, 1.54) is 29.9 Å². The molecule has 10 nitrogen and oxygen atoms in total. The second kappa shape index (κ2) is 28.3. The Balaban J connectivity index is 0.000000639. The predicted molar refractivity (Wildman–Crippen MR) is 243 cm³/mol. The molecule has 6 unspecified atom stereocenters. The number of rotatable bonds is 12. The molecule has 0 aromatic rings. The monoisotopic (exact) mass is 900 g/mol. The highest BCUT2D eigenvalue weighted by Crippen LogP contribution is 2.40. The lowest BCUT2D eigenvalue weighted by Gasteiger charge is -2.34. The quantitative estimate of drug-likeness (QED) is 0.113. The molecule has 0 radical (unpaired) electrons. The van der Waals surface area contributed by atoms with Gasteiger partial charge in [-0.05, 0) is 74.7 Å². The number of aliphatic hydroxyl groups excluding tert-OH is 2. The van der Waals surface area contributed by atoms with Crippen LogP contribution in [0.5, 0.6) is 0 Å². The van der Waals surface area contributed by atoms with E-state index in [2.05, 4.69) is 73.9 Å². The molecule has 6 atom stereocenters. The maximum Gasteiger partial charge on any atom is 0.508 e. The minimum Gasteiger partial charge on any atom is -0.465 e. The van der Waals surface area contributed by atoms with Crippen molar-refractivity contribution in [3.63, 3.8) is 0 Å². The summed E-state index contributed by atoms with van der Waals surface area (Å²) in [7, 11) is 13.5. The van der Waals surface area contributed by atoms with Gasteiger partial charge in [-0.2, -0.15) is 0 Å². The van der Waals surface area contributed by atoms with Crippen LogP contribution in [0.4, 0.5) is 9.59 Å². The van der Waals surface area contributed by atoms with Gasteiger partial charge in [-0.15, -0.1) is 46.2 Å². The lowest BCUT2D eigenvalue weighted by atomic mass is 9.82. The van der Waals surface area contributed by atoms with E-state index in [1.54, 1.807) is 0 Å². The van der Waals surface area contributed by atoms with E-state index in [0.717, 1.165) is 74.4 Å². The summed E-state index contributed by atoms with van der Waals surface area (Å²) in [5.41, 5.74) is 0.628. The molecule has 0 aliphatic carbocycles. The molecule has 4 aliphatic heterocycles. The van der Waals surface area contributed by atoms with Crippen LogP contribution < -0.4 is 0 Å². The number of carbonyl (C=O) groups is 3. The third kappa shape index (κ3) is 19.0. The Morgan fingerprint density at radius 1 is 0.642 bits per heavy atom. The highest BCUT2D eigenvalue weighted by Gasteiger charge is 2.36. The summed E-state index contributed by atoms with van der Waals surface area (Å²) < 4.78 is 25.3. The number of esters is 1.